The summed E-state index contributed by atoms with van der Waals surface area (Å²) in [5, 5.41) is 3.61. The third kappa shape index (κ3) is 3.42. The lowest BCUT2D eigenvalue weighted by Gasteiger charge is -2.13. The predicted octanol–water partition coefficient (Wildman–Crippen LogP) is 1.70. The van der Waals surface area contributed by atoms with Gasteiger partial charge in [0.2, 0.25) is 10.0 Å². The Hall–Kier alpha value is -0.620. The van der Waals surface area contributed by atoms with E-state index in [2.05, 4.69) is 5.32 Å². The molecule has 96 valence electrons. The van der Waals surface area contributed by atoms with Gasteiger partial charge in [0.25, 0.3) is 0 Å². The molecule has 0 spiro atoms. The van der Waals surface area contributed by atoms with E-state index in [1.807, 2.05) is 6.92 Å². The number of halogens is 1. The van der Waals surface area contributed by atoms with E-state index < -0.39 is 10.0 Å². The lowest BCUT2D eigenvalue weighted by molar-refractivity contribution is 0.520. The molecule has 0 bridgehead atoms. The van der Waals surface area contributed by atoms with Crippen molar-refractivity contribution in [1.82, 2.24) is 9.62 Å². The molecule has 0 heterocycles. The summed E-state index contributed by atoms with van der Waals surface area (Å²) in [5.41, 5.74) is 0.895. The summed E-state index contributed by atoms with van der Waals surface area (Å²) in [6.45, 7) is 3.48. The van der Waals surface area contributed by atoms with Crippen LogP contribution in [0.1, 0.15) is 12.5 Å². The maximum absolute atomic E-state index is 11.9. The van der Waals surface area contributed by atoms with Crippen LogP contribution < -0.4 is 5.32 Å². The quantitative estimate of drug-likeness (QED) is 0.891. The Bertz CT molecular complexity index is 486. The summed E-state index contributed by atoms with van der Waals surface area (Å²) in [4.78, 5) is 0.216. The number of sulfonamides is 1. The van der Waals surface area contributed by atoms with E-state index in [1.165, 1.54) is 24.5 Å². The van der Waals surface area contributed by atoms with Gasteiger partial charge in [0.15, 0.2) is 0 Å². The van der Waals surface area contributed by atoms with E-state index in [4.69, 9.17) is 11.6 Å². The monoisotopic (exact) mass is 276 g/mol. The third-order valence-electron chi connectivity index (χ3n) is 2.37. The van der Waals surface area contributed by atoms with E-state index in [-0.39, 0.29) is 4.90 Å². The largest absolute Gasteiger partial charge is 0.313 e. The fourth-order valence-electron chi connectivity index (χ4n) is 1.30. The molecule has 1 N–H and O–H groups in total. The average Bonchev–Trinajstić information content (AvgIpc) is 2.27. The molecule has 0 radical (unpaired) electrons. The SMILES string of the molecule is CCNCc1ccc(S(=O)(=O)N(C)C)cc1Cl. The average molecular weight is 277 g/mol. The van der Waals surface area contributed by atoms with Gasteiger partial charge in [-0.15, -0.1) is 0 Å². The first kappa shape index (κ1) is 14.4. The molecule has 6 heteroatoms. The molecule has 1 rings (SSSR count). The molecular weight excluding hydrogens is 260 g/mol. The maximum atomic E-state index is 11.9. The van der Waals surface area contributed by atoms with Crippen molar-refractivity contribution in [3.05, 3.63) is 28.8 Å². The minimum atomic E-state index is -3.41. The van der Waals surface area contributed by atoms with Crippen molar-refractivity contribution in [2.24, 2.45) is 0 Å². The molecule has 0 aliphatic carbocycles. The number of nitrogens with one attached hydrogen (secondary N) is 1. The van der Waals surface area contributed by atoms with E-state index in [1.54, 1.807) is 12.1 Å². The van der Waals surface area contributed by atoms with Gasteiger partial charge in [-0.05, 0) is 24.2 Å². The number of rotatable bonds is 5. The molecule has 0 unspecified atom stereocenters. The summed E-state index contributed by atoms with van der Waals surface area (Å²) >= 11 is 6.05. The Labute approximate surface area is 108 Å². The van der Waals surface area contributed by atoms with Gasteiger partial charge in [-0.25, -0.2) is 12.7 Å². The van der Waals surface area contributed by atoms with Gasteiger partial charge >= 0.3 is 0 Å². The van der Waals surface area contributed by atoms with E-state index in [9.17, 15) is 8.42 Å². The minimum Gasteiger partial charge on any atom is -0.313 e. The minimum absolute atomic E-state index is 0.216. The van der Waals surface area contributed by atoms with Gasteiger partial charge in [0.05, 0.1) is 4.90 Å². The van der Waals surface area contributed by atoms with Crippen molar-refractivity contribution in [3.63, 3.8) is 0 Å². The van der Waals surface area contributed by atoms with Gasteiger partial charge in [0.1, 0.15) is 0 Å². The van der Waals surface area contributed by atoms with Crippen LogP contribution >= 0.6 is 11.6 Å². The summed E-state index contributed by atoms with van der Waals surface area (Å²) in [5.74, 6) is 0. The number of hydrogen-bond donors (Lipinski definition) is 1. The van der Waals surface area contributed by atoms with Gasteiger partial charge in [-0.1, -0.05) is 24.6 Å². The van der Waals surface area contributed by atoms with Gasteiger partial charge in [0, 0.05) is 25.7 Å². The van der Waals surface area contributed by atoms with Crippen LogP contribution in [-0.2, 0) is 16.6 Å². The standard InChI is InChI=1S/C11H17ClN2O2S/c1-4-13-8-9-5-6-10(7-11(9)12)17(15,16)14(2)3/h5-7,13H,4,8H2,1-3H3. The first-order valence-corrected chi connectivity index (χ1v) is 7.13. The molecule has 0 aromatic heterocycles. The molecule has 0 saturated carbocycles. The van der Waals surface area contributed by atoms with Crippen LogP contribution in [0.15, 0.2) is 23.1 Å². The highest BCUT2D eigenvalue weighted by Gasteiger charge is 2.18. The van der Waals surface area contributed by atoms with E-state index in [0.29, 0.717) is 11.6 Å². The Morgan fingerprint density at radius 3 is 2.47 bits per heavy atom. The van der Waals surface area contributed by atoms with Crippen LogP contribution in [0.3, 0.4) is 0 Å². The smallest absolute Gasteiger partial charge is 0.242 e. The van der Waals surface area contributed by atoms with Gasteiger partial charge in [-0.3, -0.25) is 0 Å². The Morgan fingerprint density at radius 2 is 2.00 bits per heavy atom. The highest BCUT2D eigenvalue weighted by atomic mass is 35.5. The second kappa shape index (κ2) is 5.82. The molecule has 1 aromatic rings. The highest BCUT2D eigenvalue weighted by molar-refractivity contribution is 7.89. The van der Waals surface area contributed by atoms with Crippen LogP contribution in [0.2, 0.25) is 5.02 Å². The Balaban J connectivity index is 3.05. The van der Waals surface area contributed by atoms with Crippen molar-refractivity contribution in [2.75, 3.05) is 20.6 Å². The van der Waals surface area contributed by atoms with Crippen LogP contribution in [0.4, 0.5) is 0 Å². The van der Waals surface area contributed by atoms with E-state index in [0.717, 1.165) is 12.1 Å². The molecule has 0 amide bonds. The summed E-state index contributed by atoms with van der Waals surface area (Å²) in [6, 6.07) is 4.80. The fourth-order valence-corrected chi connectivity index (χ4v) is 2.54. The molecule has 4 nitrogen and oxygen atoms in total. The summed E-state index contributed by atoms with van der Waals surface area (Å²) in [7, 11) is -0.417. The van der Waals surface area contributed by atoms with Crippen LogP contribution in [-0.4, -0.2) is 33.4 Å². The zero-order valence-corrected chi connectivity index (χ0v) is 11.8. The van der Waals surface area contributed by atoms with Crippen LogP contribution in [0.5, 0.6) is 0 Å². The fraction of sp³-hybridized carbons (Fsp3) is 0.455. The lowest BCUT2D eigenvalue weighted by Crippen LogP contribution is -2.22. The number of benzene rings is 1. The van der Waals surface area contributed by atoms with Gasteiger partial charge in [-0.2, -0.15) is 0 Å². The number of nitrogens with zero attached hydrogens (tertiary/aromatic N) is 1. The second-order valence-corrected chi connectivity index (χ2v) is 6.38. The maximum Gasteiger partial charge on any atom is 0.242 e. The Kier molecular flexibility index (Phi) is 4.94. The highest BCUT2D eigenvalue weighted by Crippen LogP contribution is 2.22. The molecule has 0 fully saturated rings. The zero-order chi connectivity index (χ0) is 13.1. The number of hydrogen-bond acceptors (Lipinski definition) is 3. The summed E-state index contributed by atoms with van der Waals surface area (Å²) in [6.07, 6.45) is 0. The van der Waals surface area contributed by atoms with Crippen molar-refractivity contribution >= 4 is 21.6 Å². The van der Waals surface area contributed by atoms with Crippen molar-refractivity contribution in [2.45, 2.75) is 18.4 Å². The first-order valence-electron chi connectivity index (χ1n) is 5.31. The Morgan fingerprint density at radius 1 is 1.35 bits per heavy atom. The molecule has 17 heavy (non-hydrogen) atoms. The first-order chi connectivity index (χ1) is 7.89. The third-order valence-corrected chi connectivity index (χ3v) is 4.53. The molecule has 0 aliphatic heterocycles. The predicted molar refractivity (Wildman–Crippen MR) is 69.7 cm³/mol. The van der Waals surface area contributed by atoms with E-state index >= 15 is 0 Å². The van der Waals surface area contributed by atoms with Crippen molar-refractivity contribution in [3.8, 4) is 0 Å². The summed E-state index contributed by atoms with van der Waals surface area (Å²) < 4.78 is 24.9. The molecular formula is C11H17ClN2O2S. The molecule has 0 saturated heterocycles. The molecule has 0 aliphatic rings. The van der Waals surface area contributed by atoms with Crippen molar-refractivity contribution in [1.29, 1.82) is 0 Å². The van der Waals surface area contributed by atoms with Gasteiger partial charge < -0.3 is 5.32 Å². The van der Waals surface area contributed by atoms with Crippen molar-refractivity contribution < 1.29 is 8.42 Å². The zero-order valence-electron chi connectivity index (χ0n) is 10.2. The normalized spacial score (nSPS) is 12.1. The second-order valence-electron chi connectivity index (χ2n) is 3.82. The lowest BCUT2D eigenvalue weighted by atomic mass is 10.2. The molecule has 1 aromatic carbocycles. The topological polar surface area (TPSA) is 49.4 Å². The molecule has 0 atom stereocenters. The van der Waals surface area contributed by atoms with Crippen LogP contribution in [0.25, 0.3) is 0 Å². The van der Waals surface area contributed by atoms with Crippen LogP contribution in [0, 0.1) is 0 Å².